The molecule has 0 aliphatic heterocycles. The molecule has 0 aromatic heterocycles. The lowest BCUT2D eigenvalue weighted by Crippen LogP contribution is -2.33. The van der Waals surface area contributed by atoms with E-state index in [1.807, 2.05) is 0 Å². The van der Waals surface area contributed by atoms with Crippen LogP contribution >= 0.6 is 0 Å². The molecule has 0 heterocycles. The largest absolute Gasteiger partial charge is 0.389 e. The third kappa shape index (κ3) is 4.19. The van der Waals surface area contributed by atoms with Crippen molar-refractivity contribution in [2.75, 3.05) is 0 Å². The maximum absolute atomic E-state index is 10.1. The fourth-order valence-corrected chi connectivity index (χ4v) is 6.11. The van der Waals surface area contributed by atoms with Gasteiger partial charge < -0.3 is 5.11 Å². The van der Waals surface area contributed by atoms with Gasteiger partial charge in [-0.25, -0.2) is 0 Å². The lowest BCUT2D eigenvalue weighted by molar-refractivity contribution is 0.136. The van der Waals surface area contributed by atoms with E-state index in [0.717, 1.165) is 18.3 Å². The molecule has 0 aromatic carbocycles. The van der Waals surface area contributed by atoms with Crippen LogP contribution in [0.1, 0.15) is 84.0 Å². The van der Waals surface area contributed by atoms with Crippen molar-refractivity contribution in [1.29, 1.82) is 0 Å². The normalized spacial score (nSPS) is 38.7. The van der Waals surface area contributed by atoms with Gasteiger partial charge in [0.25, 0.3) is 0 Å². The van der Waals surface area contributed by atoms with Gasteiger partial charge in [-0.3, -0.25) is 0 Å². The van der Waals surface area contributed by atoms with Crippen LogP contribution in [0, 0.1) is 23.2 Å². The molecular formula is C26H38O. The Morgan fingerprint density at radius 1 is 1.07 bits per heavy atom. The highest BCUT2D eigenvalue weighted by atomic mass is 16.3. The van der Waals surface area contributed by atoms with Crippen molar-refractivity contribution in [3.05, 3.63) is 47.6 Å². The van der Waals surface area contributed by atoms with Gasteiger partial charge in [0, 0.05) is 0 Å². The Bertz CT molecular complexity index is 647. The summed E-state index contributed by atoms with van der Waals surface area (Å²) < 4.78 is 0. The Morgan fingerprint density at radius 2 is 1.89 bits per heavy atom. The van der Waals surface area contributed by atoms with Gasteiger partial charge in [0.1, 0.15) is 0 Å². The highest BCUT2D eigenvalue weighted by molar-refractivity contribution is 5.35. The lowest BCUT2D eigenvalue weighted by atomic mass is 9.63. The van der Waals surface area contributed by atoms with E-state index < -0.39 is 0 Å². The van der Waals surface area contributed by atoms with E-state index in [9.17, 15) is 5.11 Å². The summed E-state index contributed by atoms with van der Waals surface area (Å²) in [6.45, 7) is 6.85. The fraction of sp³-hybridized carbons (Fsp3) is 0.692. The van der Waals surface area contributed by atoms with E-state index in [0.29, 0.717) is 11.3 Å². The third-order valence-corrected chi connectivity index (χ3v) is 8.15. The molecule has 27 heavy (non-hydrogen) atoms. The molecule has 0 radical (unpaired) electrons. The number of hydrogen-bond acceptors (Lipinski definition) is 1. The molecule has 1 heteroatoms. The Balaban J connectivity index is 1.43. The van der Waals surface area contributed by atoms with Crippen molar-refractivity contribution in [3.63, 3.8) is 0 Å². The summed E-state index contributed by atoms with van der Waals surface area (Å²) in [6.07, 6.45) is 24.5. The molecule has 0 amide bonds. The van der Waals surface area contributed by atoms with Crippen molar-refractivity contribution >= 4 is 0 Å². The molecule has 4 saturated carbocycles. The Hall–Kier alpha value is -1.08. The van der Waals surface area contributed by atoms with Crippen LogP contribution in [-0.4, -0.2) is 11.2 Å². The maximum atomic E-state index is 10.1. The SMILES string of the molecule is C=C1CCCC/C1=C/C=C1\CCCC2(C)C(C/C=C/C(O)C3CC3)CCC12. The van der Waals surface area contributed by atoms with Gasteiger partial charge in [-0.1, -0.05) is 49.0 Å². The van der Waals surface area contributed by atoms with Crippen LogP contribution in [0.4, 0.5) is 0 Å². The predicted octanol–water partition coefficient (Wildman–Crippen LogP) is 6.90. The number of fused-ring (bicyclic) bond motifs is 1. The second-order valence-corrected chi connectivity index (χ2v) is 9.92. The van der Waals surface area contributed by atoms with E-state index in [1.165, 1.54) is 81.8 Å². The van der Waals surface area contributed by atoms with Crippen LogP contribution < -0.4 is 0 Å². The smallest absolute Gasteiger partial charge is 0.0749 e. The average Bonchev–Trinajstić information content (AvgIpc) is 3.45. The van der Waals surface area contributed by atoms with Crippen molar-refractivity contribution in [1.82, 2.24) is 0 Å². The summed E-state index contributed by atoms with van der Waals surface area (Å²) in [6, 6.07) is 0. The fourth-order valence-electron chi connectivity index (χ4n) is 6.11. The van der Waals surface area contributed by atoms with E-state index in [2.05, 4.69) is 37.8 Å². The first-order valence-corrected chi connectivity index (χ1v) is 11.5. The number of allylic oxidation sites excluding steroid dienone is 6. The zero-order valence-electron chi connectivity index (χ0n) is 17.3. The minimum Gasteiger partial charge on any atom is -0.389 e. The molecule has 4 fully saturated rings. The van der Waals surface area contributed by atoms with Crippen molar-refractivity contribution < 1.29 is 5.11 Å². The van der Waals surface area contributed by atoms with Crippen LogP contribution in [0.5, 0.6) is 0 Å². The summed E-state index contributed by atoms with van der Waals surface area (Å²) in [5.74, 6) is 2.11. The first kappa shape index (κ1) is 19.2. The number of aliphatic hydroxyl groups is 1. The van der Waals surface area contributed by atoms with Crippen molar-refractivity contribution in [2.24, 2.45) is 23.2 Å². The van der Waals surface area contributed by atoms with E-state index >= 15 is 0 Å². The molecule has 1 N–H and O–H groups in total. The number of hydrogen-bond donors (Lipinski definition) is 1. The molecule has 4 aliphatic carbocycles. The van der Waals surface area contributed by atoms with Crippen molar-refractivity contribution in [2.45, 2.75) is 90.1 Å². The molecule has 0 saturated heterocycles. The molecule has 4 unspecified atom stereocenters. The highest BCUT2D eigenvalue weighted by Gasteiger charge is 2.48. The summed E-state index contributed by atoms with van der Waals surface area (Å²) in [7, 11) is 0. The van der Waals surface area contributed by atoms with Crippen LogP contribution in [0.2, 0.25) is 0 Å². The summed E-state index contributed by atoms with van der Waals surface area (Å²) in [4.78, 5) is 0. The standard InChI is InChI=1S/C26H38O/c1-19-7-3-4-8-20(19)12-13-21-9-6-18-26(2)23(16-17-24(21)26)10-5-11-25(27)22-14-15-22/h5,11-13,22-25,27H,1,3-4,6-10,14-18H2,2H3/b11-5+,20-12-,21-13+. The summed E-state index contributed by atoms with van der Waals surface area (Å²) in [5.41, 5.74) is 5.05. The van der Waals surface area contributed by atoms with E-state index in [1.54, 1.807) is 5.57 Å². The van der Waals surface area contributed by atoms with Crippen LogP contribution in [0.25, 0.3) is 0 Å². The van der Waals surface area contributed by atoms with Crippen LogP contribution in [0.15, 0.2) is 47.6 Å². The topological polar surface area (TPSA) is 20.2 Å². The minimum atomic E-state index is -0.188. The maximum Gasteiger partial charge on any atom is 0.0749 e. The first-order valence-electron chi connectivity index (χ1n) is 11.5. The van der Waals surface area contributed by atoms with Gasteiger partial charge in [-0.05, 0) is 106 Å². The molecule has 4 aliphatic rings. The molecule has 148 valence electrons. The van der Waals surface area contributed by atoms with Gasteiger partial charge in [-0.15, -0.1) is 0 Å². The lowest BCUT2D eigenvalue weighted by Gasteiger charge is -2.42. The monoisotopic (exact) mass is 366 g/mol. The molecular weight excluding hydrogens is 328 g/mol. The minimum absolute atomic E-state index is 0.188. The van der Waals surface area contributed by atoms with Gasteiger partial charge in [0.2, 0.25) is 0 Å². The molecule has 0 spiro atoms. The zero-order valence-corrected chi connectivity index (χ0v) is 17.3. The Labute approximate surface area is 166 Å². The second kappa shape index (κ2) is 8.11. The molecule has 0 bridgehead atoms. The predicted molar refractivity (Wildman–Crippen MR) is 114 cm³/mol. The molecule has 4 atom stereocenters. The molecule has 1 nitrogen and oxygen atoms in total. The quantitative estimate of drug-likeness (QED) is 0.524. The van der Waals surface area contributed by atoms with Crippen molar-refractivity contribution in [3.8, 4) is 0 Å². The Morgan fingerprint density at radius 3 is 2.67 bits per heavy atom. The zero-order chi connectivity index (χ0) is 18.9. The average molecular weight is 367 g/mol. The number of rotatable bonds is 5. The second-order valence-electron chi connectivity index (χ2n) is 9.92. The third-order valence-electron chi connectivity index (χ3n) is 8.15. The number of aliphatic hydroxyl groups excluding tert-OH is 1. The summed E-state index contributed by atoms with van der Waals surface area (Å²) in [5, 5.41) is 10.1. The molecule has 0 aromatic rings. The van der Waals surface area contributed by atoms with Crippen LogP contribution in [-0.2, 0) is 0 Å². The van der Waals surface area contributed by atoms with E-state index in [-0.39, 0.29) is 6.10 Å². The highest BCUT2D eigenvalue weighted by Crippen LogP contribution is 2.58. The first-order chi connectivity index (χ1) is 13.1. The van der Waals surface area contributed by atoms with Gasteiger partial charge in [0.05, 0.1) is 6.10 Å². The van der Waals surface area contributed by atoms with Gasteiger partial charge in [-0.2, -0.15) is 0 Å². The Kier molecular flexibility index (Phi) is 5.78. The summed E-state index contributed by atoms with van der Waals surface area (Å²) >= 11 is 0. The van der Waals surface area contributed by atoms with E-state index in [4.69, 9.17) is 0 Å². The van der Waals surface area contributed by atoms with Crippen LogP contribution in [0.3, 0.4) is 0 Å². The van der Waals surface area contributed by atoms with Gasteiger partial charge in [0.15, 0.2) is 0 Å². The van der Waals surface area contributed by atoms with Gasteiger partial charge >= 0.3 is 0 Å². The molecule has 4 rings (SSSR count).